The number of likely N-dealkylation sites (tertiary alicyclic amines) is 1. The maximum Gasteiger partial charge on any atom is 0.227 e. The van der Waals surface area contributed by atoms with Crippen molar-refractivity contribution in [3.8, 4) is 0 Å². The molecule has 2 aliphatic heterocycles. The zero-order valence-electron chi connectivity index (χ0n) is 14.6. The van der Waals surface area contributed by atoms with E-state index in [4.69, 9.17) is 9.15 Å². The van der Waals surface area contributed by atoms with Crippen LogP contribution in [-0.2, 0) is 22.5 Å². The lowest BCUT2D eigenvalue weighted by Gasteiger charge is -2.22. The van der Waals surface area contributed by atoms with Crippen molar-refractivity contribution in [2.24, 2.45) is 5.92 Å². The molecule has 2 fully saturated rings. The minimum Gasteiger partial charge on any atom is -0.468 e. The maximum atomic E-state index is 13.0. The van der Waals surface area contributed by atoms with Crippen molar-refractivity contribution in [3.63, 3.8) is 0 Å². The predicted octanol–water partition coefficient (Wildman–Crippen LogP) is 2.32. The third-order valence-electron chi connectivity index (χ3n) is 5.19. The first kappa shape index (κ1) is 17.2. The first-order chi connectivity index (χ1) is 12.7. The average molecular weight is 358 g/mol. The molecule has 26 heavy (non-hydrogen) atoms. The van der Waals surface area contributed by atoms with Gasteiger partial charge in [-0.1, -0.05) is 12.1 Å². The van der Waals surface area contributed by atoms with E-state index in [0.29, 0.717) is 32.0 Å². The van der Waals surface area contributed by atoms with E-state index in [-0.39, 0.29) is 17.8 Å². The van der Waals surface area contributed by atoms with Crippen LogP contribution in [0.4, 0.5) is 4.39 Å². The Morgan fingerprint density at radius 1 is 1.15 bits per heavy atom. The van der Waals surface area contributed by atoms with Crippen LogP contribution in [0.2, 0.25) is 0 Å². The first-order valence-corrected chi connectivity index (χ1v) is 9.06. The second-order valence-corrected chi connectivity index (χ2v) is 7.09. The fourth-order valence-corrected chi connectivity index (χ4v) is 3.82. The highest BCUT2D eigenvalue weighted by Crippen LogP contribution is 2.25. The van der Waals surface area contributed by atoms with Crippen LogP contribution in [-0.4, -0.2) is 54.6 Å². The Hall–Kier alpha value is -2.18. The van der Waals surface area contributed by atoms with Crippen molar-refractivity contribution < 1.29 is 18.3 Å². The molecule has 0 N–H and O–H groups in total. The largest absolute Gasteiger partial charge is 0.468 e. The van der Waals surface area contributed by atoms with Crippen molar-refractivity contribution in [2.45, 2.75) is 19.1 Å². The van der Waals surface area contributed by atoms with Crippen LogP contribution in [0.3, 0.4) is 0 Å². The average Bonchev–Trinajstić information content (AvgIpc) is 3.24. The molecule has 138 valence electrons. The highest BCUT2D eigenvalue weighted by molar-refractivity contribution is 5.79. The van der Waals surface area contributed by atoms with Crippen LogP contribution in [0.15, 0.2) is 47.1 Å². The number of benzene rings is 1. The van der Waals surface area contributed by atoms with Gasteiger partial charge in [0.15, 0.2) is 0 Å². The van der Waals surface area contributed by atoms with Crippen molar-refractivity contribution in [3.05, 3.63) is 59.8 Å². The number of carbonyl (C=O) groups is 1. The number of ether oxygens (including phenoxy) is 1. The molecule has 4 rings (SSSR count). The van der Waals surface area contributed by atoms with Gasteiger partial charge in [-0.05, 0) is 29.8 Å². The van der Waals surface area contributed by atoms with Gasteiger partial charge in [0.1, 0.15) is 11.6 Å². The third kappa shape index (κ3) is 3.97. The number of fused-ring (bicyclic) bond motifs is 1. The number of amides is 1. The molecule has 0 unspecified atom stereocenters. The minimum absolute atomic E-state index is 0.0749. The Kier molecular flexibility index (Phi) is 5.04. The van der Waals surface area contributed by atoms with Gasteiger partial charge >= 0.3 is 0 Å². The summed E-state index contributed by atoms with van der Waals surface area (Å²) in [4.78, 5) is 16.8. The van der Waals surface area contributed by atoms with Crippen LogP contribution >= 0.6 is 0 Å². The van der Waals surface area contributed by atoms with Gasteiger partial charge in [-0.25, -0.2) is 4.39 Å². The van der Waals surface area contributed by atoms with Crippen LogP contribution in [0.5, 0.6) is 0 Å². The fourth-order valence-electron chi connectivity index (χ4n) is 3.82. The zero-order valence-corrected chi connectivity index (χ0v) is 14.6. The number of hydrogen-bond acceptors (Lipinski definition) is 4. The minimum atomic E-state index is -0.283. The van der Waals surface area contributed by atoms with E-state index < -0.39 is 0 Å². The predicted molar refractivity (Wildman–Crippen MR) is 93.9 cm³/mol. The van der Waals surface area contributed by atoms with E-state index in [9.17, 15) is 9.18 Å². The quantitative estimate of drug-likeness (QED) is 0.842. The van der Waals surface area contributed by atoms with Crippen molar-refractivity contribution in [2.75, 3.05) is 32.8 Å². The Balaban J connectivity index is 1.35. The number of nitrogens with zero attached hydrogens (tertiary/aromatic N) is 2. The molecule has 5 nitrogen and oxygen atoms in total. The molecule has 2 saturated heterocycles. The molecule has 0 saturated carbocycles. The second kappa shape index (κ2) is 7.60. The summed E-state index contributed by atoms with van der Waals surface area (Å²) in [5.41, 5.74) is 0.837. The van der Waals surface area contributed by atoms with E-state index >= 15 is 0 Å². The van der Waals surface area contributed by atoms with Gasteiger partial charge in [-0.3, -0.25) is 9.69 Å². The first-order valence-electron chi connectivity index (χ1n) is 9.06. The van der Waals surface area contributed by atoms with Crippen LogP contribution in [0.1, 0.15) is 11.3 Å². The Labute approximate surface area is 152 Å². The molecule has 0 aliphatic carbocycles. The number of halogens is 1. The summed E-state index contributed by atoms with van der Waals surface area (Å²) in [6.07, 6.45) is 2.09. The SMILES string of the molecule is O=C(Cc1ccc(F)cc1)N1C[C@@H]2CN(Cc3ccco3)CCO[C@@H]2C1. The molecule has 3 heterocycles. The molecule has 2 aliphatic rings. The summed E-state index contributed by atoms with van der Waals surface area (Å²) in [6, 6.07) is 10.0. The lowest BCUT2D eigenvalue weighted by molar-refractivity contribution is -0.130. The van der Waals surface area contributed by atoms with Gasteiger partial charge in [0.25, 0.3) is 0 Å². The van der Waals surface area contributed by atoms with Gasteiger partial charge in [-0.2, -0.15) is 0 Å². The summed E-state index contributed by atoms with van der Waals surface area (Å²) in [5, 5.41) is 0. The van der Waals surface area contributed by atoms with Crippen molar-refractivity contribution >= 4 is 5.91 Å². The molecule has 0 spiro atoms. The topological polar surface area (TPSA) is 45.9 Å². The van der Waals surface area contributed by atoms with E-state index in [1.165, 1.54) is 12.1 Å². The molecule has 0 radical (unpaired) electrons. The zero-order chi connectivity index (χ0) is 17.9. The van der Waals surface area contributed by atoms with Crippen LogP contribution < -0.4 is 0 Å². The lowest BCUT2D eigenvalue weighted by atomic mass is 10.1. The molecule has 2 aromatic rings. The number of rotatable bonds is 4. The number of carbonyl (C=O) groups excluding carboxylic acids is 1. The van der Waals surface area contributed by atoms with E-state index in [2.05, 4.69) is 4.90 Å². The highest BCUT2D eigenvalue weighted by Gasteiger charge is 2.38. The highest BCUT2D eigenvalue weighted by atomic mass is 19.1. The molecular weight excluding hydrogens is 335 g/mol. The molecule has 6 heteroatoms. The number of furan rings is 1. The van der Waals surface area contributed by atoms with E-state index in [1.807, 2.05) is 17.0 Å². The summed E-state index contributed by atoms with van der Waals surface area (Å²) in [7, 11) is 0. The summed E-state index contributed by atoms with van der Waals surface area (Å²) < 4.78 is 24.5. The van der Waals surface area contributed by atoms with Gasteiger partial charge in [0, 0.05) is 32.1 Å². The van der Waals surface area contributed by atoms with Crippen molar-refractivity contribution in [1.82, 2.24) is 9.80 Å². The summed E-state index contributed by atoms with van der Waals surface area (Å²) in [5.74, 6) is 1.05. The van der Waals surface area contributed by atoms with E-state index in [0.717, 1.165) is 31.0 Å². The van der Waals surface area contributed by atoms with Crippen molar-refractivity contribution in [1.29, 1.82) is 0 Å². The molecule has 1 amide bonds. The summed E-state index contributed by atoms with van der Waals surface area (Å²) >= 11 is 0. The Morgan fingerprint density at radius 3 is 2.77 bits per heavy atom. The summed E-state index contributed by atoms with van der Waals surface area (Å²) in [6.45, 7) is 4.55. The number of hydrogen-bond donors (Lipinski definition) is 0. The molecule has 1 aromatic carbocycles. The lowest BCUT2D eigenvalue weighted by Crippen LogP contribution is -2.34. The Bertz CT molecular complexity index is 732. The van der Waals surface area contributed by atoms with Gasteiger partial charge in [0.05, 0.1) is 31.9 Å². The maximum absolute atomic E-state index is 13.0. The standard InChI is InChI=1S/C20H23FN2O3/c21-17-5-3-15(4-6-17)10-20(24)23-12-16-11-22(7-9-26-19(16)14-23)13-18-2-1-8-25-18/h1-6,8,16,19H,7,9-14H2/t16-,19+/m0/s1. The third-order valence-corrected chi connectivity index (χ3v) is 5.19. The van der Waals surface area contributed by atoms with E-state index in [1.54, 1.807) is 18.4 Å². The molecule has 0 bridgehead atoms. The van der Waals surface area contributed by atoms with Crippen LogP contribution in [0, 0.1) is 11.7 Å². The van der Waals surface area contributed by atoms with Gasteiger partial charge < -0.3 is 14.1 Å². The van der Waals surface area contributed by atoms with Gasteiger partial charge in [-0.15, -0.1) is 0 Å². The Morgan fingerprint density at radius 2 is 2.00 bits per heavy atom. The smallest absolute Gasteiger partial charge is 0.227 e. The molecule has 2 atom stereocenters. The normalized spacial score (nSPS) is 23.7. The fraction of sp³-hybridized carbons (Fsp3) is 0.450. The van der Waals surface area contributed by atoms with Gasteiger partial charge in [0.2, 0.25) is 5.91 Å². The molecule has 1 aromatic heterocycles. The van der Waals surface area contributed by atoms with Crippen LogP contribution in [0.25, 0.3) is 0 Å². The monoisotopic (exact) mass is 358 g/mol. The molecular formula is C20H23FN2O3. The second-order valence-electron chi connectivity index (χ2n) is 7.09.